The van der Waals surface area contributed by atoms with Gasteiger partial charge in [0.05, 0.1) is 33.5 Å². The summed E-state index contributed by atoms with van der Waals surface area (Å²) in [5, 5.41) is 9.99. The van der Waals surface area contributed by atoms with Crippen LogP contribution in [0.5, 0.6) is 0 Å². The number of furan rings is 1. The molecule has 0 spiro atoms. The quantitative estimate of drug-likeness (QED) is 0.319. The molecule has 2 aromatic carbocycles. The van der Waals surface area contributed by atoms with Gasteiger partial charge in [-0.1, -0.05) is 47.2 Å². The van der Waals surface area contributed by atoms with Crippen LogP contribution in [-0.4, -0.2) is 27.7 Å². The maximum absolute atomic E-state index is 13.8. The van der Waals surface area contributed by atoms with Crippen LogP contribution < -0.4 is 14.9 Å². The number of hydrogen-bond donors (Lipinski definition) is 1. The molecular formula is C30H25ClN2O6S. The number of rotatable bonds is 6. The van der Waals surface area contributed by atoms with Crippen LogP contribution in [0.3, 0.4) is 0 Å². The van der Waals surface area contributed by atoms with E-state index in [1.807, 2.05) is 0 Å². The van der Waals surface area contributed by atoms with E-state index in [4.69, 9.17) is 20.8 Å². The highest BCUT2D eigenvalue weighted by molar-refractivity contribution is 7.07. The number of esters is 1. The molecule has 0 radical (unpaired) electrons. The topological polar surface area (TPSA) is 111 Å². The highest BCUT2D eigenvalue weighted by Crippen LogP contribution is 2.32. The first kappa shape index (κ1) is 27.4. The normalized spacial score (nSPS) is 15.2. The molecule has 0 saturated heterocycles. The van der Waals surface area contributed by atoms with Gasteiger partial charge in [-0.05, 0) is 69.2 Å². The van der Waals surface area contributed by atoms with Gasteiger partial charge in [0.15, 0.2) is 4.80 Å². The Morgan fingerprint density at radius 1 is 1.12 bits per heavy atom. The maximum Gasteiger partial charge on any atom is 0.338 e. The van der Waals surface area contributed by atoms with Crippen LogP contribution >= 0.6 is 22.9 Å². The van der Waals surface area contributed by atoms with Gasteiger partial charge in [-0.25, -0.2) is 14.6 Å². The molecule has 4 aromatic rings. The number of thiazole rings is 1. The number of carboxylic acids is 1. The Morgan fingerprint density at radius 3 is 2.52 bits per heavy atom. The number of aromatic nitrogens is 1. The lowest BCUT2D eigenvalue weighted by atomic mass is 9.96. The van der Waals surface area contributed by atoms with Crippen molar-refractivity contribution in [2.45, 2.75) is 39.8 Å². The Balaban J connectivity index is 1.62. The Bertz CT molecular complexity index is 1860. The first-order valence-corrected chi connectivity index (χ1v) is 13.7. The highest BCUT2D eigenvalue weighted by Gasteiger charge is 2.33. The highest BCUT2D eigenvalue weighted by atomic mass is 35.5. The average Bonchev–Trinajstić information content (AvgIpc) is 3.47. The summed E-state index contributed by atoms with van der Waals surface area (Å²) in [6.45, 7) is 6.97. The van der Waals surface area contributed by atoms with Crippen molar-refractivity contribution in [3.05, 3.63) is 113 Å². The van der Waals surface area contributed by atoms with E-state index in [2.05, 4.69) is 4.99 Å². The third-order valence-electron chi connectivity index (χ3n) is 6.50. The molecule has 0 amide bonds. The minimum absolute atomic E-state index is 0.188. The number of ether oxygens (including phenoxy) is 1. The lowest BCUT2D eigenvalue weighted by Crippen LogP contribution is -2.40. The molecule has 0 fully saturated rings. The van der Waals surface area contributed by atoms with Crippen molar-refractivity contribution in [3.63, 3.8) is 0 Å². The fraction of sp³-hybridized carbons (Fsp3) is 0.200. The SMILES string of the molecule is CC1=C(C(=O)OC(C)C)[C@@H](c2ccc(Cl)cc2)n2c(s/c(=C\c3ccc(-c4cccc(C(=O)O)c4C)o3)c2=O)=N1. The molecule has 1 aliphatic rings. The molecular weight excluding hydrogens is 552 g/mol. The molecule has 1 aliphatic heterocycles. The Kier molecular flexibility index (Phi) is 7.35. The largest absolute Gasteiger partial charge is 0.478 e. The molecule has 8 nitrogen and oxygen atoms in total. The summed E-state index contributed by atoms with van der Waals surface area (Å²) in [5.74, 6) is -0.665. The Labute approximate surface area is 238 Å². The van der Waals surface area contributed by atoms with Crippen LogP contribution in [0.25, 0.3) is 17.4 Å². The van der Waals surface area contributed by atoms with Crippen LogP contribution in [0, 0.1) is 6.92 Å². The zero-order valence-electron chi connectivity index (χ0n) is 22.1. The van der Waals surface area contributed by atoms with E-state index in [9.17, 15) is 19.5 Å². The summed E-state index contributed by atoms with van der Waals surface area (Å²) in [4.78, 5) is 43.6. The van der Waals surface area contributed by atoms with E-state index in [1.54, 1.807) is 82.3 Å². The van der Waals surface area contributed by atoms with Gasteiger partial charge < -0.3 is 14.3 Å². The maximum atomic E-state index is 13.8. The average molecular weight is 577 g/mol. The van der Waals surface area contributed by atoms with E-state index in [1.165, 1.54) is 22.0 Å². The van der Waals surface area contributed by atoms with E-state index in [0.29, 0.717) is 48.3 Å². The summed E-state index contributed by atoms with van der Waals surface area (Å²) in [5.41, 5.74) is 2.51. The predicted molar refractivity (Wildman–Crippen MR) is 152 cm³/mol. The molecule has 3 heterocycles. The number of carboxylic acid groups (broad SMARTS) is 1. The number of fused-ring (bicyclic) bond motifs is 1. The zero-order valence-corrected chi connectivity index (χ0v) is 23.7. The molecule has 40 heavy (non-hydrogen) atoms. The number of hydrogen-bond acceptors (Lipinski definition) is 7. The van der Waals surface area contributed by atoms with Gasteiger partial charge in [0, 0.05) is 16.7 Å². The monoisotopic (exact) mass is 576 g/mol. The van der Waals surface area contributed by atoms with Gasteiger partial charge in [0.1, 0.15) is 11.5 Å². The van der Waals surface area contributed by atoms with E-state index in [0.717, 1.165) is 0 Å². The van der Waals surface area contributed by atoms with Gasteiger partial charge in [-0.15, -0.1) is 0 Å². The second-order valence-corrected chi connectivity index (χ2v) is 11.0. The molecule has 204 valence electrons. The van der Waals surface area contributed by atoms with Crippen molar-refractivity contribution >= 4 is 41.0 Å². The smallest absolute Gasteiger partial charge is 0.338 e. The number of halogens is 1. The molecule has 1 N–H and O–H groups in total. The first-order chi connectivity index (χ1) is 19.0. The third-order valence-corrected chi connectivity index (χ3v) is 7.73. The van der Waals surface area contributed by atoms with Gasteiger partial charge in [-0.3, -0.25) is 9.36 Å². The zero-order chi connectivity index (χ0) is 28.7. The third kappa shape index (κ3) is 5.05. The summed E-state index contributed by atoms with van der Waals surface area (Å²) in [6, 6.07) is 14.6. The number of nitrogens with zero attached hydrogens (tertiary/aromatic N) is 2. The first-order valence-electron chi connectivity index (χ1n) is 12.5. The van der Waals surface area contributed by atoms with Gasteiger partial charge in [0.25, 0.3) is 5.56 Å². The van der Waals surface area contributed by atoms with Gasteiger partial charge in [0.2, 0.25) is 0 Å². The van der Waals surface area contributed by atoms with Crippen LogP contribution in [-0.2, 0) is 9.53 Å². The van der Waals surface area contributed by atoms with Crippen LogP contribution in [0.15, 0.2) is 80.1 Å². The molecule has 0 unspecified atom stereocenters. The molecule has 2 aromatic heterocycles. The summed E-state index contributed by atoms with van der Waals surface area (Å²) in [6.07, 6.45) is 1.27. The van der Waals surface area contributed by atoms with Crippen molar-refractivity contribution in [1.82, 2.24) is 4.57 Å². The minimum atomic E-state index is -1.02. The number of benzene rings is 2. The van der Waals surface area contributed by atoms with E-state index >= 15 is 0 Å². The molecule has 10 heteroatoms. The lowest BCUT2D eigenvalue weighted by molar-refractivity contribution is -0.143. The number of aromatic carboxylic acids is 1. The summed E-state index contributed by atoms with van der Waals surface area (Å²) in [7, 11) is 0. The van der Waals surface area contributed by atoms with Crippen molar-refractivity contribution < 1.29 is 23.8 Å². The minimum Gasteiger partial charge on any atom is -0.478 e. The van der Waals surface area contributed by atoms with Crippen LogP contribution in [0.4, 0.5) is 0 Å². The molecule has 5 rings (SSSR count). The van der Waals surface area contributed by atoms with E-state index < -0.39 is 18.0 Å². The number of carbonyl (C=O) groups is 2. The fourth-order valence-electron chi connectivity index (χ4n) is 4.66. The van der Waals surface area contributed by atoms with Crippen molar-refractivity contribution in [1.29, 1.82) is 0 Å². The molecule has 0 aliphatic carbocycles. The van der Waals surface area contributed by atoms with Crippen LogP contribution in [0.1, 0.15) is 54.1 Å². The second-order valence-electron chi connectivity index (χ2n) is 9.57. The molecule has 1 atom stereocenters. The summed E-state index contributed by atoms with van der Waals surface area (Å²) < 4.78 is 13.4. The fourth-order valence-corrected chi connectivity index (χ4v) is 5.81. The number of carbonyl (C=O) groups excluding carboxylic acids is 1. The van der Waals surface area contributed by atoms with Crippen molar-refractivity contribution in [3.8, 4) is 11.3 Å². The molecule has 0 saturated carbocycles. The van der Waals surface area contributed by atoms with Crippen LogP contribution in [0.2, 0.25) is 5.02 Å². The standard InChI is InChI=1S/C30H25ClN2O6S/c1-15(2)38-29(37)25-17(4)32-30-33(26(25)18-8-10-19(31)11-9-18)27(34)24(40-30)14-20-12-13-23(39-20)21-6-5-7-22(16(21)3)28(35)36/h5-15,26H,1-4H3,(H,35,36)/b24-14-/t26-/m1/s1. The predicted octanol–water partition coefficient (Wildman–Crippen LogP) is 5.11. The van der Waals surface area contributed by atoms with Gasteiger partial charge >= 0.3 is 11.9 Å². The summed E-state index contributed by atoms with van der Waals surface area (Å²) >= 11 is 7.30. The van der Waals surface area contributed by atoms with E-state index in [-0.39, 0.29) is 22.8 Å². The molecule has 0 bridgehead atoms. The number of allylic oxidation sites excluding steroid dienone is 1. The lowest BCUT2D eigenvalue weighted by Gasteiger charge is -2.25. The second kappa shape index (κ2) is 10.7. The Hall–Kier alpha value is -4.21. The van der Waals surface area contributed by atoms with Crippen molar-refractivity contribution in [2.24, 2.45) is 4.99 Å². The van der Waals surface area contributed by atoms with Gasteiger partial charge in [-0.2, -0.15) is 0 Å². The Morgan fingerprint density at radius 2 is 1.85 bits per heavy atom. The van der Waals surface area contributed by atoms with Crippen molar-refractivity contribution in [2.75, 3.05) is 0 Å².